The van der Waals surface area contributed by atoms with E-state index in [0.29, 0.717) is 26.3 Å². The summed E-state index contributed by atoms with van der Waals surface area (Å²) in [6.07, 6.45) is 1.83. The Hall–Kier alpha value is -1.87. The van der Waals surface area contributed by atoms with Crippen LogP contribution < -0.4 is 10.2 Å². The first-order chi connectivity index (χ1) is 12.9. The molecular weight excluding hydrogens is 364 g/mol. The standard InChI is InChI=1S/C18H28N6O2S/c1-5-27-17-21-14(23-8-10-26-11-9-23)13-12-20-24(15(13)22-17)7-6-19-16(25)18(2,3)4/h12H,5-11H2,1-4H3,(H,19,25). The molecule has 8 nitrogen and oxygen atoms in total. The van der Waals surface area contributed by atoms with Crippen molar-refractivity contribution in [1.29, 1.82) is 0 Å². The second-order valence-corrected chi connectivity index (χ2v) is 8.70. The number of anilines is 1. The molecule has 148 valence electrons. The summed E-state index contributed by atoms with van der Waals surface area (Å²) < 4.78 is 7.32. The first kappa shape index (κ1) is 19.9. The quantitative estimate of drug-likeness (QED) is 0.594. The van der Waals surface area contributed by atoms with Crippen LogP contribution in [-0.4, -0.2) is 64.3 Å². The highest BCUT2D eigenvalue weighted by atomic mass is 32.2. The molecule has 9 heteroatoms. The van der Waals surface area contributed by atoms with Crippen molar-refractivity contribution in [3.63, 3.8) is 0 Å². The van der Waals surface area contributed by atoms with Crippen molar-refractivity contribution in [2.45, 2.75) is 39.4 Å². The predicted octanol–water partition coefficient (Wildman–Crippen LogP) is 1.94. The molecule has 0 saturated carbocycles. The van der Waals surface area contributed by atoms with E-state index in [1.54, 1.807) is 11.8 Å². The summed E-state index contributed by atoms with van der Waals surface area (Å²) in [6, 6.07) is 0. The number of morpholine rings is 1. The van der Waals surface area contributed by atoms with E-state index in [1.807, 2.05) is 31.6 Å². The maximum atomic E-state index is 12.1. The molecule has 0 unspecified atom stereocenters. The van der Waals surface area contributed by atoms with Gasteiger partial charge in [0.15, 0.2) is 10.8 Å². The van der Waals surface area contributed by atoms with Crippen molar-refractivity contribution in [3.05, 3.63) is 6.20 Å². The van der Waals surface area contributed by atoms with Crippen molar-refractivity contribution in [2.75, 3.05) is 43.5 Å². The van der Waals surface area contributed by atoms with Crippen LogP contribution in [0.25, 0.3) is 11.0 Å². The van der Waals surface area contributed by atoms with Gasteiger partial charge in [0.05, 0.1) is 31.3 Å². The average molecular weight is 393 g/mol. The number of ether oxygens (including phenoxy) is 1. The smallest absolute Gasteiger partial charge is 0.225 e. The number of aromatic nitrogens is 4. The molecule has 0 radical (unpaired) electrons. The lowest BCUT2D eigenvalue weighted by atomic mass is 9.96. The van der Waals surface area contributed by atoms with Gasteiger partial charge in [-0.15, -0.1) is 0 Å². The van der Waals surface area contributed by atoms with Crippen LogP contribution in [0.4, 0.5) is 5.82 Å². The fourth-order valence-corrected chi connectivity index (χ4v) is 3.40. The molecule has 3 rings (SSSR count). The summed E-state index contributed by atoms with van der Waals surface area (Å²) in [5, 5.41) is 9.18. The number of amides is 1. The third-order valence-corrected chi connectivity index (χ3v) is 5.06. The maximum Gasteiger partial charge on any atom is 0.225 e. The van der Waals surface area contributed by atoms with Crippen molar-refractivity contribution in [1.82, 2.24) is 25.1 Å². The van der Waals surface area contributed by atoms with Crippen LogP contribution >= 0.6 is 11.8 Å². The van der Waals surface area contributed by atoms with E-state index in [2.05, 4.69) is 22.2 Å². The van der Waals surface area contributed by atoms with Crippen LogP contribution in [0, 0.1) is 5.41 Å². The fourth-order valence-electron chi connectivity index (χ4n) is 2.83. The molecule has 1 N–H and O–H groups in total. The van der Waals surface area contributed by atoms with Gasteiger partial charge in [-0.25, -0.2) is 14.6 Å². The second-order valence-electron chi connectivity index (χ2n) is 7.47. The van der Waals surface area contributed by atoms with Gasteiger partial charge in [-0.3, -0.25) is 4.79 Å². The van der Waals surface area contributed by atoms with E-state index in [-0.39, 0.29) is 5.91 Å². The normalized spacial score (nSPS) is 15.3. The molecule has 1 fully saturated rings. The van der Waals surface area contributed by atoms with Crippen molar-refractivity contribution >= 4 is 34.5 Å². The number of rotatable bonds is 6. The molecule has 0 spiro atoms. The largest absolute Gasteiger partial charge is 0.378 e. The summed E-state index contributed by atoms with van der Waals surface area (Å²) in [5.41, 5.74) is 0.412. The van der Waals surface area contributed by atoms with Gasteiger partial charge in [-0.2, -0.15) is 5.10 Å². The monoisotopic (exact) mass is 392 g/mol. The molecule has 1 saturated heterocycles. The molecule has 1 aliphatic heterocycles. The van der Waals surface area contributed by atoms with Gasteiger partial charge in [0.25, 0.3) is 0 Å². The Morgan fingerprint density at radius 3 is 2.70 bits per heavy atom. The third kappa shape index (κ3) is 4.70. The van der Waals surface area contributed by atoms with Gasteiger partial charge in [-0.05, 0) is 5.75 Å². The third-order valence-electron chi connectivity index (χ3n) is 4.33. The van der Waals surface area contributed by atoms with Crippen LogP contribution in [0.2, 0.25) is 0 Å². The van der Waals surface area contributed by atoms with E-state index in [1.165, 1.54) is 0 Å². The number of nitrogens with zero attached hydrogens (tertiary/aromatic N) is 5. The minimum Gasteiger partial charge on any atom is -0.378 e. The molecular formula is C18H28N6O2S. The fraction of sp³-hybridized carbons (Fsp3) is 0.667. The van der Waals surface area contributed by atoms with Crippen LogP contribution in [0.5, 0.6) is 0 Å². The zero-order chi connectivity index (χ0) is 19.4. The van der Waals surface area contributed by atoms with Gasteiger partial charge in [0.2, 0.25) is 5.91 Å². The zero-order valence-electron chi connectivity index (χ0n) is 16.5. The molecule has 1 aliphatic rings. The number of nitrogens with one attached hydrogen (secondary N) is 1. The van der Waals surface area contributed by atoms with Gasteiger partial charge in [0.1, 0.15) is 5.82 Å². The summed E-state index contributed by atoms with van der Waals surface area (Å²) in [7, 11) is 0. The molecule has 2 aromatic heterocycles. The Morgan fingerprint density at radius 2 is 2.04 bits per heavy atom. The van der Waals surface area contributed by atoms with Crippen LogP contribution in [0.15, 0.2) is 11.4 Å². The van der Waals surface area contributed by atoms with Crippen LogP contribution in [-0.2, 0) is 16.1 Å². The summed E-state index contributed by atoms with van der Waals surface area (Å²) >= 11 is 1.62. The Kier molecular flexibility index (Phi) is 6.21. The Balaban J connectivity index is 1.84. The summed E-state index contributed by atoms with van der Waals surface area (Å²) in [6.45, 7) is 11.9. The minimum absolute atomic E-state index is 0.0322. The Bertz CT molecular complexity index is 795. The first-order valence-corrected chi connectivity index (χ1v) is 10.4. The molecule has 0 atom stereocenters. The second kappa shape index (κ2) is 8.43. The molecule has 27 heavy (non-hydrogen) atoms. The highest BCUT2D eigenvalue weighted by Crippen LogP contribution is 2.27. The molecule has 1 amide bonds. The number of thioether (sulfide) groups is 1. The summed E-state index contributed by atoms with van der Waals surface area (Å²) in [5.74, 6) is 1.86. The average Bonchev–Trinajstić information content (AvgIpc) is 3.04. The highest BCUT2D eigenvalue weighted by Gasteiger charge is 2.22. The van der Waals surface area contributed by atoms with E-state index in [9.17, 15) is 4.79 Å². The number of hydrogen-bond donors (Lipinski definition) is 1. The number of carbonyl (C=O) groups is 1. The van der Waals surface area contributed by atoms with Gasteiger partial charge >= 0.3 is 0 Å². The minimum atomic E-state index is -0.400. The van der Waals surface area contributed by atoms with Crippen molar-refractivity contribution in [3.8, 4) is 0 Å². The van der Waals surface area contributed by atoms with Gasteiger partial charge in [-0.1, -0.05) is 39.5 Å². The lowest BCUT2D eigenvalue weighted by molar-refractivity contribution is -0.128. The predicted molar refractivity (Wildman–Crippen MR) is 107 cm³/mol. The van der Waals surface area contributed by atoms with E-state index >= 15 is 0 Å². The SMILES string of the molecule is CCSc1nc(N2CCOCC2)c2cnn(CCNC(=O)C(C)(C)C)c2n1. The molecule has 3 heterocycles. The van der Waals surface area contributed by atoms with Gasteiger partial charge < -0.3 is 15.0 Å². The molecule has 0 bridgehead atoms. The molecule has 0 aromatic carbocycles. The topological polar surface area (TPSA) is 85.2 Å². The highest BCUT2D eigenvalue weighted by molar-refractivity contribution is 7.99. The van der Waals surface area contributed by atoms with E-state index < -0.39 is 5.41 Å². The van der Waals surface area contributed by atoms with Crippen molar-refractivity contribution in [2.24, 2.45) is 5.41 Å². The number of carbonyl (C=O) groups excluding carboxylic acids is 1. The maximum absolute atomic E-state index is 12.1. The lowest BCUT2D eigenvalue weighted by Crippen LogP contribution is -2.37. The van der Waals surface area contributed by atoms with E-state index in [4.69, 9.17) is 14.7 Å². The van der Waals surface area contributed by atoms with Crippen LogP contribution in [0.1, 0.15) is 27.7 Å². The number of fused-ring (bicyclic) bond motifs is 1. The number of hydrogen-bond acceptors (Lipinski definition) is 7. The van der Waals surface area contributed by atoms with Crippen molar-refractivity contribution < 1.29 is 9.53 Å². The summed E-state index contributed by atoms with van der Waals surface area (Å²) in [4.78, 5) is 23.8. The van der Waals surface area contributed by atoms with Gasteiger partial charge in [0, 0.05) is 25.0 Å². The molecule has 2 aromatic rings. The Labute approximate surface area is 164 Å². The zero-order valence-corrected chi connectivity index (χ0v) is 17.3. The van der Waals surface area contributed by atoms with E-state index in [0.717, 1.165) is 40.9 Å². The Morgan fingerprint density at radius 1 is 1.30 bits per heavy atom. The first-order valence-electron chi connectivity index (χ1n) is 9.37. The molecule has 0 aliphatic carbocycles. The van der Waals surface area contributed by atoms with Crippen LogP contribution in [0.3, 0.4) is 0 Å². The lowest BCUT2D eigenvalue weighted by Gasteiger charge is -2.28.